The van der Waals surface area contributed by atoms with Crippen molar-refractivity contribution in [1.29, 1.82) is 0 Å². The SMILES string of the molecule is Cc1cccc(N2CCN(C(=O)c3cc(N4CCCC(C)C4)nc(C)n3)CC2)c1. The van der Waals surface area contributed by atoms with Gasteiger partial charge >= 0.3 is 0 Å². The monoisotopic (exact) mass is 393 g/mol. The van der Waals surface area contributed by atoms with Crippen LogP contribution in [0.25, 0.3) is 0 Å². The lowest BCUT2D eigenvalue weighted by molar-refractivity contribution is 0.0740. The Labute approximate surface area is 173 Å². The third-order valence-electron chi connectivity index (χ3n) is 5.96. The highest BCUT2D eigenvalue weighted by Gasteiger charge is 2.25. The molecule has 0 bridgehead atoms. The van der Waals surface area contributed by atoms with Crippen LogP contribution in [0, 0.1) is 19.8 Å². The quantitative estimate of drug-likeness (QED) is 0.801. The first-order valence-electron chi connectivity index (χ1n) is 10.7. The second kappa shape index (κ2) is 8.39. The zero-order valence-corrected chi connectivity index (χ0v) is 17.8. The fraction of sp³-hybridized carbons (Fsp3) is 0.522. The van der Waals surface area contributed by atoms with Gasteiger partial charge in [0, 0.05) is 51.0 Å². The fourth-order valence-electron chi connectivity index (χ4n) is 4.38. The van der Waals surface area contributed by atoms with Gasteiger partial charge in [-0.25, -0.2) is 9.97 Å². The minimum absolute atomic E-state index is 0.0192. The van der Waals surface area contributed by atoms with Crippen molar-refractivity contribution in [3.05, 3.63) is 47.4 Å². The van der Waals surface area contributed by atoms with E-state index < -0.39 is 0 Å². The fourth-order valence-corrected chi connectivity index (χ4v) is 4.38. The predicted octanol–water partition coefficient (Wildman–Crippen LogP) is 3.29. The highest BCUT2D eigenvalue weighted by atomic mass is 16.2. The van der Waals surface area contributed by atoms with E-state index in [0.29, 0.717) is 30.5 Å². The minimum Gasteiger partial charge on any atom is -0.368 e. The number of benzene rings is 1. The van der Waals surface area contributed by atoms with Gasteiger partial charge in [-0.1, -0.05) is 19.1 Å². The second-order valence-electron chi connectivity index (χ2n) is 8.47. The summed E-state index contributed by atoms with van der Waals surface area (Å²) in [4.78, 5) is 28.8. The summed E-state index contributed by atoms with van der Waals surface area (Å²) in [6, 6.07) is 10.4. The lowest BCUT2D eigenvalue weighted by Crippen LogP contribution is -2.49. The molecule has 0 saturated carbocycles. The number of piperidine rings is 1. The number of hydrogen-bond acceptors (Lipinski definition) is 5. The highest BCUT2D eigenvalue weighted by Crippen LogP contribution is 2.23. The number of carbonyl (C=O) groups excluding carboxylic acids is 1. The minimum atomic E-state index is 0.0192. The summed E-state index contributed by atoms with van der Waals surface area (Å²) in [7, 11) is 0. The molecule has 2 fully saturated rings. The van der Waals surface area contributed by atoms with E-state index in [4.69, 9.17) is 0 Å². The number of aryl methyl sites for hydroxylation is 2. The molecule has 1 unspecified atom stereocenters. The van der Waals surface area contributed by atoms with Gasteiger partial charge < -0.3 is 14.7 Å². The molecule has 3 heterocycles. The lowest BCUT2D eigenvalue weighted by atomic mass is 10.0. The molecule has 154 valence electrons. The van der Waals surface area contributed by atoms with Crippen molar-refractivity contribution in [2.45, 2.75) is 33.6 Å². The van der Waals surface area contributed by atoms with Gasteiger partial charge in [0.25, 0.3) is 5.91 Å². The maximum atomic E-state index is 13.1. The average molecular weight is 394 g/mol. The number of nitrogens with zero attached hydrogens (tertiary/aromatic N) is 5. The first-order valence-corrected chi connectivity index (χ1v) is 10.7. The number of aromatic nitrogens is 2. The van der Waals surface area contributed by atoms with Crippen molar-refractivity contribution in [2.75, 3.05) is 49.1 Å². The summed E-state index contributed by atoms with van der Waals surface area (Å²) in [5.74, 6) is 2.24. The Morgan fingerprint density at radius 3 is 2.52 bits per heavy atom. The largest absolute Gasteiger partial charge is 0.368 e. The van der Waals surface area contributed by atoms with Crippen LogP contribution >= 0.6 is 0 Å². The van der Waals surface area contributed by atoms with Crippen molar-refractivity contribution < 1.29 is 4.79 Å². The molecule has 1 aromatic heterocycles. The van der Waals surface area contributed by atoms with E-state index in [1.165, 1.54) is 24.1 Å². The maximum absolute atomic E-state index is 13.1. The summed E-state index contributed by atoms with van der Waals surface area (Å²) >= 11 is 0. The summed E-state index contributed by atoms with van der Waals surface area (Å²) in [6.45, 7) is 11.4. The number of hydrogen-bond donors (Lipinski definition) is 0. The Bertz CT molecular complexity index is 875. The third kappa shape index (κ3) is 4.52. The Morgan fingerprint density at radius 1 is 1.00 bits per heavy atom. The molecule has 2 aromatic rings. The predicted molar refractivity (Wildman–Crippen MR) is 117 cm³/mol. The molecule has 1 atom stereocenters. The van der Waals surface area contributed by atoms with Crippen LogP contribution in [0.5, 0.6) is 0 Å². The Morgan fingerprint density at radius 2 is 1.79 bits per heavy atom. The van der Waals surface area contributed by atoms with E-state index in [9.17, 15) is 4.79 Å². The van der Waals surface area contributed by atoms with Gasteiger partial charge in [-0.2, -0.15) is 0 Å². The molecule has 0 N–H and O–H groups in total. The molecule has 0 aliphatic carbocycles. The molecule has 29 heavy (non-hydrogen) atoms. The zero-order chi connectivity index (χ0) is 20.4. The van der Waals surface area contributed by atoms with Crippen LogP contribution in [0.4, 0.5) is 11.5 Å². The van der Waals surface area contributed by atoms with Crippen LogP contribution in [0.15, 0.2) is 30.3 Å². The Hall–Kier alpha value is -2.63. The number of anilines is 2. The van der Waals surface area contributed by atoms with Crippen LogP contribution in [0.1, 0.15) is 41.6 Å². The van der Waals surface area contributed by atoms with Crippen LogP contribution in [-0.2, 0) is 0 Å². The highest BCUT2D eigenvalue weighted by molar-refractivity contribution is 5.93. The molecule has 1 aromatic carbocycles. The Kier molecular flexibility index (Phi) is 5.69. The van der Waals surface area contributed by atoms with Crippen LogP contribution in [-0.4, -0.2) is 60.0 Å². The molecule has 4 rings (SSSR count). The van der Waals surface area contributed by atoms with E-state index >= 15 is 0 Å². The number of piperazine rings is 1. The number of rotatable bonds is 3. The van der Waals surface area contributed by atoms with Gasteiger partial charge in [0.2, 0.25) is 0 Å². The van der Waals surface area contributed by atoms with Gasteiger partial charge in [-0.15, -0.1) is 0 Å². The maximum Gasteiger partial charge on any atom is 0.272 e. The summed E-state index contributed by atoms with van der Waals surface area (Å²) in [5.41, 5.74) is 3.02. The van der Waals surface area contributed by atoms with Gasteiger partial charge in [-0.3, -0.25) is 4.79 Å². The van der Waals surface area contributed by atoms with E-state index in [0.717, 1.165) is 32.0 Å². The summed E-state index contributed by atoms with van der Waals surface area (Å²) in [5, 5.41) is 0. The molecule has 6 heteroatoms. The van der Waals surface area contributed by atoms with Crippen molar-refractivity contribution in [3.8, 4) is 0 Å². The molecule has 2 aliphatic heterocycles. The molecule has 2 aliphatic rings. The molecule has 1 amide bonds. The molecule has 2 saturated heterocycles. The van der Waals surface area contributed by atoms with Gasteiger partial charge in [0.05, 0.1) is 0 Å². The molecular weight excluding hydrogens is 362 g/mol. The smallest absolute Gasteiger partial charge is 0.272 e. The second-order valence-corrected chi connectivity index (χ2v) is 8.47. The van der Waals surface area contributed by atoms with Gasteiger partial charge in [-0.05, 0) is 50.3 Å². The van der Waals surface area contributed by atoms with Crippen LogP contribution < -0.4 is 9.80 Å². The van der Waals surface area contributed by atoms with Crippen molar-refractivity contribution in [1.82, 2.24) is 14.9 Å². The van der Waals surface area contributed by atoms with Crippen molar-refractivity contribution >= 4 is 17.4 Å². The standard InChI is InChI=1S/C23H31N5O/c1-17-6-4-8-20(14-17)26-10-12-27(13-11-26)23(29)21-15-22(25-19(3)24-21)28-9-5-7-18(2)16-28/h4,6,8,14-15,18H,5,7,9-13,16H2,1-3H3. The van der Waals surface area contributed by atoms with E-state index in [-0.39, 0.29) is 5.91 Å². The average Bonchev–Trinajstić information content (AvgIpc) is 2.73. The molecular formula is C23H31N5O. The molecule has 0 radical (unpaired) electrons. The normalized spacial score (nSPS) is 20.1. The summed E-state index contributed by atoms with van der Waals surface area (Å²) in [6.07, 6.45) is 2.44. The first kappa shape index (κ1) is 19.7. The van der Waals surface area contributed by atoms with Gasteiger partial charge in [0.15, 0.2) is 0 Å². The van der Waals surface area contributed by atoms with E-state index in [2.05, 4.69) is 57.9 Å². The van der Waals surface area contributed by atoms with Crippen LogP contribution in [0.2, 0.25) is 0 Å². The zero-order valence-electron chi connectivity index (χ0n) is 17.8. The lowest BCUT2D eigenvalue weighted by Gasteiger charge is -2.36. The van der Waals surface area contributed by atoms with E-state index in [1.54, 1.807) is 0 Å². The van der Waals surface area contributed by atoms with Crippen LogP contribution in [0.3, 0.4) is 0 Å². The Balaban J connectivity index is 1.45. The number of amides is 1. The van der Waals surface area contributed by atoms with Crippen molar-refractivity contribution in [3.63, 3.8) is 0 Å². The number of carbonyl (C=O) groups is 1. The molecule has 0 spiro atoms. The molecule has 6 nitrogen and oxygen atoms in total. The topological polar surface area (TPSA) is 52.6 Å². The summed E-state index contributed by atoms with van der Waals surface area (Å²) < 4.78 is 0. The first-order chi connectivity index (χ1) is 14.0. The van der Waals surface area contributed by atoms with Crippen molar-refractivity contribution in [2.24, 2.45) is 5.92 Å². The third-order valence-corrected chi connectivity index (χ3v) is 5.96. The van der Waals surface area contributed by atoms with E-state index in [1.807, 2.05) is 17.9 Å². The van der Waals surface area contributed by atoms with Gasteiger partial charge in [0.1, 0.15) is 17.3 Å².